The number of rotatable bonds is 3. The molecule has 0 spiro atoms. The third-order valence-electron chi connectivity index (χ3n) is 3.63. The van der Waals surface area contributed by atoms with Gasteiger partial charge in [0.1, 0.15) is 12.4 Å². The highest BCUT2D eigenvalue weighted by Gasteiger charge is 2.14. The van der Waals surface area contributed by atoms with E-state index in [1.165, 1.54) is 27.8 Å². The first-order valence-electron chi connectivity index (χ1n) is 7.39. The Morgan fingerprint density at radius 2 is 1.95 bits per heavy atom. The molecular weight excluding hydrogens is 256 g/mol. The molecular formula is C20H20O. The summed E-state index contributed by atoms with van der Waals surface area (Å²) in [5.74, 6) is 1.00. The highest BCUT2D eigenvalue weighted by atomic mass is 16.5. The lowest BCUT2D eigenvalue weighted by Gasteiger charge is -2.18. The predicted octanol–water partition coefficient (Wildman–Crippen LogP) is 5.27. The van der Waals surface area contributed by atoms with Crippen molar-refractivity contribution in [2.24, 2.45) is 0 Å². The molecule has 0 unspecified atom stereocenters. The highest BCUT2D eigenvalue weighted by Crippen LogP contribution is 2.37. The van der Waals surface area contributed by atoms with Gasteiger partial charge in [0.25, 0.3) is 0 Å². The van der Waals surface area contributed by atoms with Crippen LogP contribution in [0.25, 0.3) is 17.2 Å². The van der Waals surface area contributed by atoms with Crippen molar-refractivity contribution < 1.29 is 4.74 Å². The SMILES string of the molecule is CC(C)=CCc1cc2c(c(-c3ccccc3)c1)OCC=C2. The average molecular weight is 276 g/mol. The summed E-state index contributed by atoms with van der Waals surface area (Å²) in [6.45, 7) is 4.93. The lowest BCUT2D eigenvalue weighted by atomic mass is 9.95. The lowest BCUT2D eigenvalue weighted by Crippen LogP contribution is -2.03. The molecule has 1 heterocycles. The lowest BCUT2D eigenvalue weighted by molar-refractivity contribution is 0.360. The molecule has 0 radical (unpaired) electrons. The van der Waals surface area contributed by atoms with Crippen LogP contribution in [-0.4, -0.2) is 6.61 Å². The molecule has 2 aromatic carbocycles. The van der Waals surface area contributed by atoms with Gasteiger partial charge in [-0.3, -0.25) is 0 Å². The van der Waals surface area contributed by atoms with Gasteiger partial charge >= 0.3 is 0 Å². The summed E-state index contributed by atoms with van der Waals surface area (Å²) in [6, 6.07) is 15.0. The summed E-state index contributed by atoms with van der Waals surface area (Å²) < 4.78 is 5.89. The van der Waals surface area contributed by atoms with Gasteiger partial charge in [-0.2, -0.15) is 0 Å². The molecule has 0 aromatic heterocycles. The van der Waals surface area contributed by atoms with Crippen molar-refractivity contribution in [2.45, 2.75) is 20.3 Å². The maximum absolute atomic E-state index is 5.89. The highest BCUT2D eigenvalue weighted by molar-refractivity contribution is 5.78. The molecule has 0 saturated heterocycles. The third-order valence-corrected chi connectivity index (χ3v) is 3.63. The van der Waals surface area contributed by atoms with E-state index in [2.05, 4.69) is 68.5 Å². The second-order valence-electron chi connectivity index (χ2n) is 5.63. The van der Waals surface area contributed by atoms with Gasteiger partial charge in [0, 0.05) is 11.1 Å². The molecule has 2 aromatic rings. The van der Waals surface area contributed by atoms with E-state index in [1.54, 1.807) is 0 Å². The van der Waals surface area contributed by atoms with Crippen LogP contribution < -0.4 is 4.74 Å². The van der Waals surface area contributed by atoms with Crippen LogP contribution in [-0.2, 0) is 6.42 Å². The minimum Gasteiger partial charge on any atom is -0.488 e. The molecule has 0 atom stereocenters. The van der Waals surface area contributed by atoms with Crippen LogP contribution in [0.1, 0.15) is 25.0 Å². The van der Waals surface area contributed by atoms with E-state index in [1.807, 2.05) is 6.07 Å². The molecule has 3 rings (SSSR count). The van der Waals surface area contributed by atoms with Crippen molar-refractivity contribution in [3.63, 3.8) is 0 Å². The number of fused-ring (bicyclic) bond motifs is 1. The molecule has 1 aliphatic rings. The zero-order valence-electron chi connectivity index (χ0n) is 12.6. The zero-order chi connectivity index (χ0) is 14.7. The summed E-state index contributed by atoms with van der Waals surface area (Å²) in [7, 11) is 0. The Morgan fingerprint density at radius 1 is 1.14 bits per heavy atom. The molecule has 0 aliphatic carbocycles. The van der Waals surface area contributed by atoms with Gasteiger partial charge < -0.3 is 4.74 Å². The Labute approximate surface area is 126 Å². The minimum absolute atomic E-state index is 0.653. The first kappa shape index (κ1) is 13.7. The van der Waals surface area contributed by atoms with Crippen LogP contribution in [0.3, 0.4) is 0 Å². The topological polar surface area (TPSA) is 9.23 Å². The van der Waals surface area contributed by atoms with Crippen LogP contribution in [0.15, 0.2) is 60.2 Å². The molecule has 0 amide bonds. The third kappa shape index (κ3) is 3.08. The first-order chi connectivity index (χ1) is 10.2. The summed E-state index contributed by atoms with van der Waals surface area (Å²) in [4.78, 5) is 0. The number of hydrogen-bond acceptors (Lipinski definition) is 1. The summed E-state index contributed by atoms with van der Waals surface area (Å²) in [5.41, 5.74) is 6.25. The molecule has 21 heavy (non-hydrogen) atoms. The van der Waals surface area contributed by atoms with E-state index in [4.69, 9.17) is 4.74 Å². The molecule has 1 nitrogen and oxygen atoms in total. The van der Waals surface area contributed by atoms with E-state index in [0.29, 0.717) is 6.61 Å². The van der Waals surface area contributed by atoms with E-state index in [0.717, 1.165) is 12.2 Å². The molecule has 0 N–H and O–H groups in total. The summed E-state index contributed by atoms with van der Waals surface area (Å²) in [5, 5.41) is 0. The van der Waals surface area contributed by atoms with Crippen molar-refractivity contribution in [2.75, 3.05) is 6.61 Å². The van der Waals surface area contributed by atoms with Crippen molar-refractivity contribution in [3.05, 3.63) is 71.3 Å². The van der Waals surface area contributed by atoms with Gasteiger partial charge in [0.05, 0.1) is 0 Å². The fraction of sp³-hybridized carbons (Fsp3) is 0.200. The largest absolute Gasteiger partial charge is 0.488 e. The number of benzene rings is 2. The monoisotopic (exact) mass is 276 g/mol. The van der Waals surface area contributed by atoms with Crippen LogP contribution in [0, 0.1) is 0 Å². The average Bonchev–Trinajstić information content (AvgIpc) is 2.53. The van der Waals surface area contributed by atoms with Crippen molar-refractivity contribution >= 4 is 6.08 Å². The number of hydrogen-bond donors (Lipinski definition) is 0. The van der Waals surface area contributed by atoms with Gasteiger partial charge in [0.15, 0.2) is 0 Å². The Balaban J connectivity index is 2.11. The smallest absolute Gasteiger partial charge is 0.134 e. The molecule has 1 aliphatic heterocycles. The first-order valence-corrected chi connectivity index (χ1v) is 7.39. The predicted molar refractivity (Wildman–Crippen MR) is 89.5 cm³/mol. The fourth-order valence-electron chi connectivity index (χ4n) is 2.58. The van der Waals surface area contributed by atoms with Crippen LogP contribution in [0.5, 0.6) is 5.75 Å². The van der Waals surface area contributed by atoms with Crippen LogP contribution in [0.2, 0.25) is 0 Å². The molecule has 1 heteroatoms. The van der Waals surface area contributed by atoms with Gasteiger partial charge in [-0.05, 0) is 49.6 Å². The molecule has 0 fully saturated rings. The number of allylic oxidation sites excluding steroid dienone is 2. The number of ether oxygens (including phenoxy) is 1. The van der Waals surface area contributed by atoms with E-state index < -0.39 is 0 Å². The van der Waals surface area contributed by atoms with Crippen LogP contribution >= 0.6 is 0 Å². The summed E-state index contributed by atoms with van der Waals surface area (Å²) >= 11 is 0. The van der Waals surface area contributed by atoms with Gasteiger partial charge in [-0.15, -0.1) is 0 Å². The van der Waals surface area contributed by atoms with E-state index in [-0.39, 0.29) is 0 Å². The Kier molecular flexibility index (Phi) is 3.92. The quantitative estimate of drug-likeness (QED) is 0.694. The second kappa shape index (κ2) is 6.01. The maximum Gasteiger partial charge on any atom is 0.134 e. The van der Waals surface area contributed by atoms with Crippen LogP contribution in [0.4, 0.5) is 0 Å². The standard InChI is InChI=1S/C20H20O/c1-15(2)10-11-16-13-18-9-6-12-21-20(18)19(14-16)17-7-4-3-5-8-17/h3-10,13-14H,11-12H2,1-2H3. The molecule has 0 bridgehead atoms. The van der Waals surface area contributed by atoms with Gasteiger partial charge in [-0.1, -0.05) is 48.1 Å². The Bertz CT molecular complexity index is 689. The van der Waals surface area contributed by atoms with Gasteiger partial charge in [0.2, 0.25) is 0 Å². The van der Waals surface area contributed by atoms with Crippen molar-refractivity contribution in [3.8, 4) is 16.9 Å². The Hall–Kier alpha value is -2.28. The fourth-order valence-corrected chi connectivity index (χ4v) is 2.58. The second-order valence-corrected chi connectivity index (χ2v) is 5.63. The van der Waals surface area contributed by atoms with E-state index >= 15 is 0 Å². The normalized spacial score (nSPS) is 12.5. The van der Waals surface area contributed by atoms with Crippen molar-refractivity contribution in [1.82, 2.24) is 0 Å². The Morgan fingerprint density at radius 3 is 2.71 bits per heavy atom. The molecule has 0 saturated carbocycles. The van der Waals surface area contributed by atoms with Crippen molar-refractivity contribution in [1.29, 1.82) is 0 Å². The summed E-state index contributed by atoms with van der Waals surface area (Å²) in [6.07, 6.45) is 7.46. The van der Waals surface area contributed by atoms with E-state index in [9.17, 15) is 0 Å². The minimum atomic E-state index is 0.653. The molecule has 106 valence electrons. The zero-order valence-corrected chi connectivity index (χ0v) is 12.6. The maximum atomic E-state index is 5.89. The van der Waals surface area contributed by atoms with Gasteiger partial charge in [-0.25, -0.2) is 0 Å².